The van der Waals surface area contributed by atoms with Crippen molar-refractivity contribution in [2.75, 3.05) is 45.3 Å². The molecule has 0 atom stereocenters. The number of nitrogens with one attached hydrogen (secondary N) is 1. The first-order chi connectivity index (χ1) is 15.1. The van der Waals surface area contributed by atoms with E-state index in [2.05, 4.69) is 15.1 Å². The van der Waals surface area contributed by atoms with Crippen molar-refractivity contribution in [1.29, 1.82) is 0 Å². The standard InChI is InChI=1S/C23H25FN4O3/c1-30-20-6-3-5-18(22(20)31-2)23(29)28-12-4-11-27(13-14-28)21-15-19(25-26-21)16-7-9-17(24)10-8-16/h3,5-10,15H,4,11-14H2,1-2H3,(H,25,26). The second-order valence-corrected chi connectivity index (χ2v) is 7.32. The maximum Gasteiger partial charge on any atom is 0.257 e. The van der Waals surface area contributed by atoms with Crippen LogP contribution in [0.4, 0.5) is 10.2 Å². The second-order valence-electron chi connectivity index (χ2n) is 7.32. The van der Waals surface area contributed by atoms with E-state index in [9.17, 15) is 9.18 Å². The molecule has 1 fully saturated rings. The van der Waals surface area contributed by atoms with Gasteiger partial charge in [-0.15, -0.1) is 0 Å². The third-order valence-corrected chi connectivity index (χ3v) is 5.46. The fourth-order valence-electron chi connectivity index (χ4n) is 3.83. The zero-order valence-electron chi connectivity index (χ0n) is 17.6. The van der Waals surface area contributed by atoms with Crippen molar-refractivity contribution in [3.05, 3.63) is 59.9 Å². The van der Waals surface area contributed by atoms with Gasteiger partial charge in [0.2, 0.25) is 0 Å². The van der Waals surface area contributed by atoms with Gasteiger partial charge in [-0.1, -0.05) is 6.07 Å². The molecule has 2 heterocycles. The highest BCUT2D eigenvalue weighted by atomic mass is 19.1. The lowest BCUT2D eigenvalue weighted by molar-refractivity contribution is 0.0763. The van der Waals surface area contributed by atoms with Crippen LogP contribution in [0, 0.1) is 5.82 Å². The van der Waals surface area contributed by atoms with E-state index in [0.717, 1.165) is 30.0 Å². The quantitative estimate of drug-likeness (QED) is 0.678. The summed E-state index contributed by atoms with van der Waals surface area (Å²) in [7, 11) is 3.09. The van der Waals surface area contributed by atoms with E-state index >= 15 is 0 Å². The molecular weight excluding hydrogens is 399 g/mol. The molecule has 0 spiro atoms. The number of hydrogen-bond acceptors (Lipinski definition) is 5. The van der Waals surface area contributed by atoms with Crippen LogP contribution < -0.4 is 14.4 Å². The SMILES string of the molecule is COc1cccc(C(=O)N2CCCN(c3cc(-c4ccc(F)cc4)[nH]n3)CC2)c1OC. The number of para-hydroxylation sites is 1. The van der Waals surface area contributed by atoms with E-state index in [1.807, 2.05) is 11.0 Å². The number of amides is 1. The molecule has 0 radical (unpaired) electrons. The van der Waals surface area contributed by atoms with Crippen LogP contribution in [0.1, 0.15) is 16.8 Å². The molecule has 0 aliphatic carbocycles. The number of aromatic nitrogens is 2. The lowest BCUT2D eigenvalue weighted by Gasteiger charge is -2.23. The van der Waals surface area contributed by atoms with Crippen LogP contribution >= 0.6 is 0 Å². The van der Waals surface area contributed by atoms with Crippen LogP contribution in [0.3, 0.4) is 0 Å². The molecule has 2 aromatic carbocycles. The molecule has 162 valence electrons. The Morgan fingerprint density at radius 3 is 2.58 bits per heavy atom. The monoisotopic (exact) mass is 424 g/mol. The summed E-state index contributed by atoms with van der Waals surface area (Å²) < 4.78 is 23.9. The van der Waals surface area contributed by atoms with Gasteiger partial charge in [0.15, 0.2) is 17.3 Å². The molecule has 1 N–H and O–H groups in total. The maximum absolute atomic E-state index is 13.2. The number of anilines is 1. The van der Waals surface area contributed by atoms with Crippen LogP contribution in [0.15, 0.2) is 48.5 Å². The largest absolute Gasteiger partial charge is 0.493 e. The number of nitrogens with zero attached hydrogens (tertiary/aromatic N) is 3. The summed E-state index contributed by atoms with van der Waals surface area (Å²) in [6.45, 7) is 2.65. The Bertz CT molecular complexity index is 1050. The predicted octanol–water partition coefficient (Wildman–Crippen LogP) is 3.59. The van der Waals surface area contributed by atoms with Crippen molar-refractivity contribution < 1.29 is 18.7 Å². The summed E-state index contributed by atoms with van der Waals surface area (Å²) in [5.41, 5.74) is 2.19. The first-order valence-corrected chi connectivity index (χ1v) is 10.2. The topological polar surface area (TPSA) is 70.7 Å². The number of benzene rings is 2. The van der Waals surface area contributed by atoms with Crippen molar-refractivity contribution in [3.8, 4) is 22.8 Å². The van der Waals surface area contributed by atoms with Gasteiger partial charge in [-0.05, 0) is 48.4 Å². The smallest absolute Gasteiger partial charge is 0.257 e. The molecule has 0 bridgehead atoms. The van der Waals surface area contributed by atoms with Crippen LogP contribution in [0.5, 0.6) is 11.5 Å². The number of rotatable bonds is 5. The van der Waals surface area contributed by atoms with Gasteiger partial charge in [-0.2, -0.15) is 5.10 Å². The molecule has 1 aliphatic rings. The molecule has 1 aromatic heterocycles. The highest BCUT2D eigenvalue weighted by molar-refractivity contribution is 5.98. The van der Waals surface area contributed by atoms with E-state index in [1.165, 1.54) is 19.2 Å². The number of halogens is 1. The summed E-state index contributed by atoms with van der Waals surface area (Å²) in [5.74, 6) is 1.45. The summed E-state index contributed by atoms with van der Waals surface area (Å²) in [6, 6.07) is 13.6. The highest BCUT2D eigenvalue weighted by Gasteiger charge is 2.25. The van der Waals surface area contributed by atoms with Gasteiger partial charge in [-0.3, -0.25) is 9.89 Å². The summed E-state index contributed by atoms with van der Waals surface area (Å²) in [4.78, 5) is 17.2. The Kier molecular flexibility index (Phi) is 6.06. The molecular formula is C23H25FN4O3. The number of ether oxygens (including phenoxy) is 2. The Morgan fingerprint density at radius 2 is 1.84 bits per heavy atom. The molecule has 7 nitrogen and oxygen atoms in total. The van der Waals surface area contributed by atoms with E-state index in [0.29, 0.717) is 36.7 Å². The van der Waals surface area contributed by atoms with Crippen LogP contribution in [-0.4, -0.2) is 61.4 Å². The van der Waals surface area contributed by atoms with Crippen molar-refractivity contribution in [2.45, 2.75) is 6.42 Å². The number of carbonyl (C=O) groups is 1. The molecule has 3 aromatic rings. The van der Waals surface area contributed by atoms with E-state index < -0.39 is 0 Å². The second kappa shape index (κ2) is 9.07. The van der Waals surface area contributed by atoms with Gasteiger partial charge in [0.05, 0.1) is 25.5 Å². The lowest BCUT2D eigenvalue weighted by atomic mass is 10.1. The summed E-state index contributed by atoms with van der Waals surface area (Å²) in [5, 5.41) is 7.45. The molecule has 1 aliphatic heterocycles. The number of H-pyrrole nitrogens is 1. The van der Waals surface area contributed by atoms with Gasteiger partial charge in [0.1, 0.15) is 5.82 Å². The Morgan fingerprint density at radius 1 is 1.03 bits per heavy atom. The first kappa shape index (κ1) is 20.7. The minimum absolute atomic E-state index is 0.0772. The van der Waals surface area contributed by atoms with Crippen molar-refractivity contribution in [3.63, 3.8) is 0 Å². The average molecular weight is 424 g/mol. The van der Waals surface area contributed by atoms with Gasteiger partial charge >= 0.3 is 0 Å². The Hall–Kier alpha value is -3.55. The van der Waals surface area contributed by atoms with Gasteiger partial charge in [0, 0.05) is 32.2 Å². The van der Waals surface area contributed by atoms with Crippen molar-refractivity contribution in [1.82, 2.24) is 15.1 Å². The molecule has 8 heteroatoms. The fourth-order valence-corrected chi connectivity index (χ4v) is 3.83. The molecule has 0 saturated carbocycles. The van der Waals surface area contributed by atoms with Crippen LogP contribution in [0.25, 0.3) is 11.3 Å². The zero-order chi connectivity index (χ0) is 21.8. The van der Waals surface area contributed by atoms with Crippen molar-refractivity contribution in [2.24, 2.45) is 0 Å². The third kappa shape index (κ3) is 4.33. The minimum Gasteiger partial charge on any atom is -0.493 e. The van der Waals surface area contributed by atoms with Gasteiger partial charge in [-0.25, -0.2) is 4.39 Å². The Labute approximate surface area is 180 Å². The summed E-state index contributed by atoms with van der Waals surface area (Å²) in [6.07, 6.45) is 0.816. The molecule has 31 heavy (non-hydrogen) atoms. The molecule has 0 unspecified atom stereocenters. The predicted molar refractivity (Wildman–Crippen MR) is 116 cm³/mol. The first-order valence-electron chi connectivity index (χ1n) is 10.2. The molecule has 1 amide bonds. The number of carbonyl (C=O) groups excluding carboxylic acids is 1. The summed E-state index contributed by atoms with van der Waals surface area (Å²) >= 11 is 0. The highest BCUT2D eigenvalue weighted by Crippen LogP contribution is 2.32. The number of hydrogen-bond donors (Lipinski definition) is 1. The van der Waals surface area contributed by atoms with E-state index in [4.69, 9.17) is 9.47 Å². The van der Waals surface area contributed by atoms with Crippen LogP contribution in [0.2, 0.25) is 0 Å². The number of aromatic amines is 1. The number of methoxy groups -OCH3 is 2. The maximum atomic E-state index is 13.2. The van der Waals surface area contributed by atoms with Crippen molar-refractivity contribution >= 4 is 11.7 Å². The van der Waals surface area contributed by atoms with Gasteiger partial charge < -0.3 is 19.3 Å². The third-order valence-electron chi connectivity index (χ3n) is 5.46. The molecule has 1 saturated heterocycles. The van der Waals surface area contributed by atoms with Gasteiger partial charge in [0.25, 0.3) is 5.91 Å². The lowest BCUT2D eigenvalue weighted by Crippen LogP contribution is -2.35. The van der Waals surface area contributed by atoms with Crippen LogP contribution in [-0.2, 0) is 0 Å². The van der Waals surface area contributed by atoms with E-state index in [-0.39, 0.29) is 11.7 Å². The Balaban J connectivity index is 1.47. The minimum atomic E-state index is -0.270. The zero-order valence-corrected chi connectivity index (χ0v) is 17.6. The molecule has 4 rings (SSSR count). The van der Waals surface area contributed by atoms with E-state index in [1.54, 1.807) is 37.4 Å². The fraction of sp³-hybridized carbons (Fsp3) is 0.304. The normalized spacial score (nSPS) is 14.3. The average Bonchev–Trinajstić information content (AvgIpc) is 3.16.